The van der Waals surface area contributed by atoms with E-state index in [0.29, 0.717) is 22.0 Å². The van der Waals surface area contributed by atoms with Gasteiger partial charge in [-0.3, -0.25) is 9.59 Å². The van der Waals surface area contributed by atoms with Crippen molar-refractivity contribution in [3.05, 3.63) is 69.8 Å². The fourth-order valence-corrected chi connectivity index (χ4v) is 3.33. The third kappa shape index (κ3) is 4.97. The van der Waals surface area contributed by atoms with Crippen LogP contribution in [0.3, 0.4) is 0 Å². The van der Waals surface area contributed by atoms with Gasteiger partial charge in [-0.1, -0.05) is 51.6 Å². The summed E-state index contributed by atoms with van der Waals surface area (Å²) in [7, 11) is 0. The molecule has 0 aliphatic carbocycles. The molecule has 0 unspecified atom stereocenters. The van der Waals surface area contributed by atoms with Crippen LogP contribution in [-0.2, 0) is 11.8 Å². The molecular weight excluding hydrogens is 396 g/mol. The average Bonchev–Trinajstić information content (AvgIpc) is 2.74. The summed E-state index contributed by atoms with van der Waals surface area (Å²) in [5, 5.41) is 3.39. The summed E-state index contributed by atoms with van der Waals surface area (Å²) in [6.45, 7) is 8.38. The van der Waals surface area contributed by atoms with Crippen LogP contribution in [0.2, 0.25) is 0 Å². The summed E-state index contributed by atoms with van der Waals surface area (Å²) in [6.07, 6.45) is 4.30. The second kappa shape index (κ2) is 8.83. The molecule has 0 radical (unpaired) electrons. The van der Waals surface area contributed by atoms with E-state index < -0.39 is 0 Å². The number of aromatic nitrogens is 3. The zero-order valence-corrected chi connectivity index (χ0v) is 18.7. The van der Waals surface area contributed by atoms with Crippen LogP contribution in [0.25, 0.3) is 11.3 Å². The molecule has 0 saturated heterocycles. The van der Waals surface area contributed by atoms with E-state index in [9.17, 15) is 9.59 Å². The van der Waals surface area contributed by atoms with Crippen LogP contribution in [0.4, 0.5) is 5.69 Å². The van der Waals surface area contributed by atoms with Gasteiger partial charge in [-0.2, -0.15) is 0 Å². The van der Waals surface area contributed by atoms with Gasteiger partial charge < -0.3 is 10.3 Å². The highest BCUT2D eigenvalue weighted by molar-refractivity contribution is 7.98. The number of thioether (sulfide) groups is 1. The van der Waals surface area contributed by atoms with Gasteiger partial charge in [0.2, 0.25) is 0 Å². The highest BCUT2D eigenvalue weighted by atomic mass is 32.2. The number of carbonyl (C=O) groups excluding carboxylic acids is 1. The van der Waals surface area contributed by atoms with E-state index in [1.54, 1.807) is 24.4 Å². The molecule has 6 nitrogen and oxygen atoms in total. The first-order valence-corrected chi connectivity index (χ1v) is 11.0. The van der Waals surface area contributed by atoms with Gasteiger partial charge in [-0.05, 0) is 47.9 Å². The number of pyridine rings is 1. The van der Waals surface area contributed by atoms with Crippen molar-refractivity contribution in [1.29, 1.82) is 0 Å². The number of amides is 1. The average molecular weight is 423 g/mol. The van der Waals surface area contributed by atoms with Crippen LogP contribution < -0.4 is 10.9 Å². The Morgan fingerprint density at radius 2 is 1.83 bits per heavy atom. The van der Waals surface area contributed by atoms with Crippen molar-refractivity contribution >= 4 is 23.4 Å². The fraction of sp³-hybridized carbons (Fsp3) is 0.304. The zero-order chi connectivity index (χ0) is 21.9. The van der Waals surface area contributed by atoms with Gasteiger partial charge in [0, 0.05) is 23.0 Å². The lowest BCUT2D eigenvalue weighted by atomic mass is 9.87. The minimum atomic E-state index is -0.367. The molecule has 1 amide bonds. The van der Waals surface area contributed by atoms with Crippen molar-refractivity contribution in [3.63, 3.8) is 0 Å². The van der Waals surface area contributed by atoms with Crippen molar-refractivity contribution < 1.29 is 4.79 Å². The smallest absolute Gasteiger partial charge is 0.271 e. The van der Waals surface area contributed by atoms with Crippen LogP contribution >= 0.6 is 11.8 Å². The molecule has 0 fully saturated rings. The standard InChI is InChI=1S/C23H26N4O2S/c1-6-17-12-18(27-22(25-17)30-5)15-11-19(21(29)24-13-15)26-20(28)14-7-9-16(10-8-14)23(2,3)4/h7-13H,6H2,1-5H3,(H,24,29)(H,26,28). The van der Waals surface area contributed by atoms with E-state index in [1.165, 1.54) is 11.8 Å². The van der Waals surface area contributed by atoms with Gasteiger partial charge in [-0.25, -0.2) is 9.97 Å². The second-order valence-electron chi connectivity index (χ2n) is 8.00. The fourth-order valence-electron chi connectivity index (χ4n) is 2.93. The molecule has 156 valence electrons. The minimum absolute atomic E-state index is 0.00496. The van der Waals surface area contributed by atoms with Crippen molar-refractivity contribution in [3.8, 4) is 11.3 Å². The first kappa shape index (κ1) is 21.8. The summed E-state index contributed by atoms with van der Waals surface area (Å²) in [5.41, 5.74) is 3.78. The first-order valence-electron chi connectivity index (χ1n) is 9.78. The third-order valence-electron chi connectivity index (χ3n) is 4.76. The highest BCUT2D eigenvalue weighted by Gasteiger charge is 2.15. The molecule has 0 atom stereocenters. The number of carbonyl (C=O) groups is 1. The molecule has 2 heterocycles. The van der Waals surface area contributed by atoms with Crippen molar-refractivity contribution in [2.24, 2.45) is 0 Å². The minimum Gasteiger partial charge on any atom is -0.327 e. The summed E-state index contributed by atoms with van der Waals surface area (Å²) in [4.78, 5) is 36.7. The molecule has 0 aliphatic rings. The van der Waals surface area contributed by atoms with Gasteiger partial charge in [-0.15, -0.1) is 0 Å². The largest absolute Gasteiger partial charge is 0.327 e. The Kier molecular flexibility index (Phi) is 6.41. The number of hydrogen-bond donors (Lipinski definition) is 2. The lowest BCUT2D eigenvalue weighted by molar-refractivity contribution is 0.102. The molecular formula is C23H26N4O2S. The summed E-state index contributed by atoms with van der Waals surface area (Å²) < 4.78 is 0. The zero-order valence-electron chi connectivity index (χ0n) is 17.9. The lowest BCUT2D eigenvalue weighted by Crippen LogP contribution is -2.20. The molecule has 2 N–H and O–H groups in total. The molecule has 0 bridgehead atoms. The van der Waals surface area contributed by atoms with Gasteiger partial charge in [0.25, 0.3) is 11.5 Å². The van der Waals surface area contributed by atoms with Crippen LogP contribution in [0, 0.1) is 0 Å². The first-order chi connectivity index (χ1) is 14.2. The Bertz CT molecular complexity index is 1090. The molecule has 30 heavy (non-hydrogen) atoms. The van der Waals surface area contributed by atoms with Crippen LogP contribution in [0.15, 0.2) is 52.5 Å². The Morgan fingerprint density at radius 1 is 1.13 bits per heavy atom. The molecule has 1 aromatic carbocycles. The number of H-pyrrole nitrogens is 1. The number of aromatic amines is 1. The van der Waals surface area contributed by atoms with Gasteiger partial charge in [0.1, 0.15) is 5.69 Å². The highest BCUT2D eigenvalue weighted by Crippen LogP contribution is 2.24. The lowest BCUT2D eigenvalue weighted by Gasteiger charge is -2.19. The van der Waals surface area contributed by atoms with Gasteiger partial charge in [0.05, 0.1) is 5.69 Å². The van der Waals surface area contributed by atoms with Gasteiger partial charge >= 0.3 is 0 Å². The summed E-state index contributed by atoms with van der Waals surface area (Å²) in [5.74, 6) is -0.333. The predicted molar refractivity (Wildman–Crippen MR) is 122 cm³/mol. The van der Waals surface area contributed by atoms with E-state index in [2.05, 4.69) is 41.0 Å². The van der Waals surface area contributed by atoms with Crippen LogP contribution in [-0.4, -0.2) is 27.1 Å². The molecule has 0 aliphatic heterocycles. The number of nitrogens with one attached hydrogen (secondary N) is 2. The molecule has 2 aromatic heterocycles. The van der Waals surface area contributed by atoms with E-state index in [0.717, 1.165) is 17.7 Å². The van der Waals surface area contributed by atoms with E-state index in [1.807, 2.05) is 31.4 Å². The predicted octanol–water partition coefficient (Wildman–Crippen LogP) is 4.67. The summed E-state index contributed by atoms with van der Waals surface area (Å²) in [6, 6.07) is 11.0. The quantitative estimate of drug-likeness (QED) is 0.461. The normalized spacial score (nSPS) is 11.4. The Balaban J connectivity index is 1.89. The number of benzene rings is 1. The van der Waals surface area contributed by atoms with Crippen LogP contribution in [0.5, 0.6) is 0 Å². The van der Waals surface area contributed by atoms with E-state index >= 15 is 0 Å². The maximum Gasteiger partial charge on any atom is 0.271 e. The topological polar surface area (TPSA) is 87.7 Å². The summed E-state index contributed by atoms with van der Waals surface area (Å²) >= 11 is 1.46. The number of rotatable bonds is 5. The molecule has 7 heteroatoms. The SMILES string of the molecule is CCc1cc(-c2c[nH]c(=O)c(NC(=O)c3ccc(C(C)(C)C)cc3)c2)nc(SC)n1. The molecule has 0 saturated carbocycles. The Labute approximate surface area is 180 Å². The molecule has 3 aromatic rings. The van der Waals surface area contributed by atoms with Gasteiger partial charge in [0.15, 0.2) is 5.16 Å². The number of aryl methyl sites for hydroxylation is 1. The number of nitrogens with zero attached hydrogens (tertiary/aromatic N) is 2. The van der Waals surface area contributed by atoms with Crippen molar-refractivity contribution in [1.82, 2.24) is 15.0 Å². The van der Waals surface area contributed by atoms with E-state index in [4.69, 9.17) is 0 Å². The number of anilines is 1. The van der Waals surface area contributed by atoms with Crippen molar-refractivity contribution in [2.45, 2.75) is 44.7 Å². The number of hydrogen-bond acceptors (Lipinski definition) is 5. The monoisotopic (exact) mass is 422 g/mol. The maximum absolute atomic E-state index is 12.7. The van der Waals surface area contributed by atoms with Crippen molar-refractivity contribution in [2.75, 3.05) is 11.6 Å². The Hall–Kier alpha value is -2.93. The maximum atomic E-state index is 12.7. The third-order valence-corrected chi connectivity index (χ3v) is 5.31. The molecule has 0 spiro atoms. The van der Waals surface area contributed by atoms with Crippen LogP contribution in [0.1, 0.15) is 49.3 Å². The molecule has 3 rings (SSSR count). The Morgan fingerprint density at radius 3 is 2.43 bits per heavy atom. The van der Waals surface area contributed by atoms with E-state index in [-0.39, 0.29) is 22.6 Å². The second-order valence-corrected chi connectivity index (χ2v) is 8.77.